The van der Waals surface area contributed by atoms with Crippen LogP contribution in [0.2, 0.25) is 0 Å². The van der Waals surface area contributed by atoms with E-state index < -0.39 is 23.5 Å². The molecule has 7 heteroatoms. The van der Waals surface area contributed by atoms with Crippen molar-refractivity contribution < 1.29 is 27.8 Å². The molecule has 21 heavy (non-hydrogen) atoms. The smallest absolute Gasteiger partial charge is 0.419 e. The lowest BCUT2D eigenvalue weighted by Gasteiger charge is -2.15. The molecule has 2 aromatic rings. The second kappa shape index (κ2) is 5.35. The van der Waals surface area contributed by atoms with Gasteiger partial charge in [-0.3, -0.25) is 0 Å². The number of carboxylic acid groups (broad SMARTS) is 1. The first-order valence-electron chi connectivity index (χ1n) is 5.76. The first-order valence-corrected chi connectivity index (χ1v) is 5.76. The van der Waals surface area contributed by atoms with Gasteiger partial charge in [-0.05, 0) is 24.3 Å². The van der Waals surface area contributed by atoms with Gasteiger partial charge in [0.15, 0.2) is 5.75 Å². The predicted molar refractivity (Wildman–Crippen MR) is 69.3 cm³/mol. The summed E-state index contributed by atoms with van der Waals surface area (Å²) in [4.78, 5) is 11.1. The van der Waals surface area contributed by atoms with Crippen molar-refractivity contribution in [2.45, 2.75) is 6.18 Å². The molecule has 0 radical (unpaired) electrons. The van der Waals surface area contributed by atoms with Crippen LogP contribution in [0.15, 0.2) is 42.5 Å². The summed E-state index contributed by atoms with van der Waals surface area (Å²) < 4.78 is 43.8. The predicted octanol–water partition coefficient (Wildman–Crippen LogP) is 3.78. The zero-order valence-electron chi connectivity index (χ0n) is 10.5. The number of carboxylic acids is 1. The molecule has 0 aliphatic carbocycles. The first kappa shape index (κ1) is 14.7. The Labute approximate surface area is 117 Å². The Bertz CT molecular complexity index is 683. The quantitative estimate of drug-likeness (QED) is 0.846. The monoisotopic (exact) mass is 297 g/mol. The van der Waals surface area contributed by atoms with Crippen molar-refractivity contribution in [1.82, 2.24) is 0 Å². The van der Waals surface area contributed by atoms with Crippen LogP contribution in [-0.2, 0) is 6.18 Å². The van der Waals surface area contributed by atoms with Crippen molar-refractivity contribution in [3.05, 3.63) is 53.6 Å². The molecule has 110 valence electrons. The highest BCUT2D eigenvalue weighted by Crippen LogP contribution is 2.40. The van der Waals surface area contributed by atoms with E-state index in [-0.39, 0.29) is 17.0 Å². The van der Waals surface area contributed by atoms with Crippen LogP contribution in [-0.4, -0.2) is 11.1 Å². The van der Waals surface area contributed by atoms with Crippen molar-refractivity contribution in [3.63, 3.8) is 0 Å². The van der Waals surface area contributed by atoms with E-state index in [1.807, 2.05) is 0 Å². The summed E-state index contributed by atoms with van der Waals surface area (Å²) in [5, 5.41) is 9.04. The van der Waals surface area contributed by atoms with E-state index in [1.54, 1.807) is 0 Å². The van der Waals surface area contributed by atoms with Crippen LogP contribution in [0.1, 0.15) is 15.9 Å². The number of rotatable bonds is 3. The van der Waals surface area contributed by atoms with Crippen molar-refractivity contribution in [3.8, 4) is 11.5 Å². The molecule has 0 atom stereocenters. The molecule has 0 aliphatic rings. The average Bonchev–Trinajstić information content (AvgIpc) is 2.40. The maximum Gasteiger partial charge on any atom is 0.419 e. The Morgan fingerprint density at radius 1 is 1.10 bits per heavy atom. The van der Waals surface area contributed by atoms with E-state index >= 15 is 0 Å². The zero-order valence-corrected chi connectivity index (χ0v) is 10.5. The average molecular weight is 297 g/mol. The molecule has 0 aliphatic heterocycles. The number of ether oxygens (including phenoxy) is 1. The van der Waals surface area contributed by atoms with Gasteiger partial charge in [-0.1, -0.05) is 18.2 Å². The summed E-state index contributed by atoms with van der Waals surface area (Å²) in [7, 11) is 0. The van der Waals surface area contributed by atoms with E-state index in [0.717, 1.165) is 12.1 Å². The third-order valence-electron chi connectivity index (χ3n) is 2.68. The van der Waals surface area contributed by atoms with Crippen LogP contribution in [0.25, 0.3) is 0 Å². The van der Waals surface area contributed by atoms with Crippen molar-refractivity contribution in [1.29, 1.82) is 0 Å². The van der Waals surface area contributed by atoms with Gasteiger partial charge >= 0.3 is 12.1 Å². The fraction of sp³-hybridized carbons (Fsp3) is 0.0714. The van der Waals surface area contributed by atoms with E-state index in [9.17, 15) is 18.0 Å². The Kier molecular flexibility index (Phi) is 3.75. The third-order valence-corrected chi connectivity index (χ3v) is 2.68. The molecular weight excluding hydrogens is 287 g/mol. The lowest BCUT2D eigenvalue weighted by atomic mass is 10.1. The number of anilines is 1. The highest BCUT2D eigenvalue weighted by molar-refractivity contribution is 5.93. The Hall–Kier alpha value is -2.70. The fourth-order valence-corrected chi connectivity index (χ4v) is 1.74. The number of halogens is 3. The lowest BCUT2D eigenvalue weighted by molar-refractivity contribution is -0.138. The Morgan fingerprint density at radius 3 is 2.38 bits per heavy atom. The van der Waals surface area contributed by atoms with Crippen molar-refractivity contribution in [2.75, 3.05) is 5.73 Å². The minimum Gasteiger partial charge on any atom is -0.478 e. The Balaban J connectivity index is 2.52. The molecule has 4 nitrogen and oxygen atoms in total. The van der Waals surface area contributed by atoms with E-state index in [0.29, 0.717) is 0 Å². The van der Waals surface area contributed by atoms with Gasteiger partial charge in [0.05, 0.1) is 11.3 Å². The molecule has 0 unspecified atom stereocenters. The molecule has 0 spiro atoms. The number of hydrogen-bond donors (Lipinski definition) is 2. The van der Waals surface area contributed by atoms with Gasteiger partial charge in [-0.25, -0.2) is 4.79 Å². The standard InChI is InChI=1S/C14H10F3NO3/c15-14(16,17)9-5-1-2-7-11(9)21-12-8(13(19)20)4-3-6-10(12)18/h1-7H,18H2,(H,19,20). The molecular formula is C14H10F3NO3. The van der Waals surface area contributed by atoms with Gasteiger partial charge in [0, 0.05) is 0 Å². The lowest BCUT2D eigenvalue weighted by Crippen LogP contribution is -2.09. The third kappa shape index (κ3) is 3.07. The SMILES string of the molecule is Nc1cccc(C(=O)O)c1Oc1ccccc1C(F)(F)F. The molecule has 3 N–H and O–H groups in total. The number of alkyl halides is 3. The molecule has 0 saturated carbocycles. The largest absolute Gasteiger partial charge is 0.478 e. The second-order valence-electron chi connectivity index (χ2n) is 4.13. The van der Waals surface area contributed by atoms with Gasteiger partial charge in [0.1, 0.15) is 11.3 Å². The summed E-state index contributed by atoms with van der Waals surface area (Å²) in [6, 6.07) is 8.42. The van der Waals surface area contributed by atoms with Crippen LogP contribution in [0.4, 0.5) is 18.9 Å². The van der Waals surface area contributed by atoms with Crippen LogP contribution >= 0.6 is 0 Å². The molecule has 0 aromatic heterocycles. The molecule has 0 heterocycles. The number of nitrogen functional groups attached to an aromatic ring is 1. The molecule has 0 saturated heterocycles. The maximum atomic E-state index is 12.9. The summed E-state index contributed by atoms with van der Waals surface area (Å²) in [6.07, 6.45) is -4.62. The topological polar surface area (TPSA) is 72.6 Å². The van der Waals surface area contributed by atoms with Crippen molar-refractivity contribution in [2.24, 2.45) is 0 Å². The molecule has 0 amide bonds. The number of para-hydroxylation sites is 2. The highest BCUT2D eigenvalue weighted by Gasteiger charge is 2.34. The van der Waals surface area contributed by atoms with Crippen LogP contribution in [0.3, 0.4) is 0 Å². The molecule has 2 aromatic carbocycles. The second-order valence-corrected chi connectivity index (χ2v) is 4.13. The normalized spacial score (nSPS) is 11.2. The summed E-state index contributed by atoms with van der Waals surface area (Å²) in [5.41, 5.74) is 4.21. The summed E-state index contributed by atoms with van der Waals surface area (Å²) in [5.74, 6) is -2.17. The van der Waals surface area contributed by atoms with E-state index in [4.69, 9.17) is 15.6 Å². The van der Waals surface area contributed by atoms with Crippen LogP contribution in [0, 0.1) is 0 Å². The highest BCUT2D eigenvalue weighted by atomic mass is 19.4. The first-order chi connectivity index (χ1) is 9.80. The maximum absolute atomic E-state index is 12.9. The number of benzene rings is 2. The summed E-state index contributed by atoms with van der Waals surface area (Å²) in [6.45, 7) is 0. The Morgan fingerprint density at radius 2 is 1.76 bits per heavy atom. The molecule has 2 rings (SSSR count). The number of hydrogen-bond acceptors (Lipinski definition) is 3. The molecule has 0 fully saturated rings. The fourth-order valence-electron chi connectivity index (χ4n) is 1.74. The minimum absolute atomic E-state index is 0.0631. The number of nitrogens with two attached hydrogens (primary N) is 1. The minimum atomic E-state index is -4.62. The van der Waals surface area contributed by atoms with Crippen molar-refractivity contribution >= 4 is 11.7 Å². The van der Waals surface area contributed by atoms with Gasteiger partial charge in [-0.2, -0.15) is 13.2 Å². The van der Waals surface area contributed by atoms with Crippen LogP contribution in [0.5, 0.6) is 11.5 Å². The number of aromatic carboxylic acids is 1. The van der Waals surface area contributed by atoms with Crippen LogP contribution < -0.4 is 10.5 Å². The zero-order chi connectivity index (χ0) is 15.6. The molecule has 0 bridgehead atoms. The van der Waals surface area contributed by atoms with Gasteiger partial charge < -0.3 is 15.6 Å². The van der Waals surface area contributed by atoms with E-state index in [2.05, 4.69) is 0 Å². The van der Waals surface area contributed by atoms with Gasteiger partial charge in [-0.15, -0.1) is 0 Å². The van der Waals surface area contributed by atoms with Gasteiger partial charge in [0.25, 0.3) is 0 Å². The summed E-state index contributed by atoms with van der Waals surface area (Å²) >= 11 is 0. The van der Waals surface area contributed by atoms with E-state index in [1.165, 1.54) is 30.3 Å². The van der Waals surface area contributed by atoms with Gasteiger partial charge in [0.2, 0.25) is 0 Å². The number of carbonyl (C=O) groups is 1.